The van der Waals surface area contributed by atoms with Gasteiger partial charge in [-0.3, -0.25) is 19.3 Å². The van der Waals surface area contributed by atoms with E-state index in [9.17, 15) is 14.4 Å². The maximum absolute atomic E-state index is 12.3. The Morgan fingerprint density at radius 3 is 2.85 bits per heavy atom. The van der Waals surface area contributed by atoms with Crippen molar-refractivity contribution < 1.29 is 19.1 Å². The first-order chi connectivity index (χ1) is 12.9. The highest BCUT2D eigenvalue weighted by atomic mass is 32.1. The maximum Gasteiger partial charge on any atom is 0.312 e. The number of esters is 1. The van der Waals surface area contributed by atoms with Crippen molar-refractivity contribution in [1.82, 2.24) is 10.3 Å². The van der Waals surface area contributed by atoms with Gasteiger partial charge in [0.25, 0.3) is 5.91 Å². The van der Waals surface area contributed by atoms with E-state index in [1.165, 1.54) is 17.8 Å². The lowest BCUT2D eigenvalue weighted by Crippen LogP contribution is -2.46. The number of anilines is 1. The van der Waals surface area contributed by atoms with Crippen LogP contribution in [0.4, 0.5) is 5.13 Å². The van der Waals surface area contributed by atoms with Crippen LogP contribution in [0.15, 0.2) is 5.38 Å². The van der Waals surface area contributed by atoms with Crippen molar-refractivity contribution in [2.75, 3.05) is 11.4 Å². The summed E-state index contributed by atoms with van der Waals surface area (Å²) in [5.74, 6) is -0.212. The van der Waals surface area contributed by atoms with Crippen LogP contribution in [0.5, 0.6) is 0 Å². The normalized spacial score (nSPS) is 23.9. The number of thiazole rings is 1. The molecule has 0 bridgehead atoms. The molecule has 1 aromatic heterocycles. The second kappa shape index (κ2) is 8.82. The van der Waals surface area contributed by atoms with E-state index in [1.807, 2.05) is 0 Å². The number of aromatic nitrogens is 1. The van der Waals surface area contributed by atoms with Crippen LogP contribution in [0.1, 0.15) is 58.1 Å². The molecule has 148 valence electrons. The Morgan fingerprint density at radius 1 is 1.37 bits per heavy atom. The lowest BCUT2D eigenvalue weighted by molar-refractivity contribution is -0.154. The fraction of sp³-hybridized carbons (Fsp3) is 0.684. The summed E-state index contributed by atoms with van der Waals surface area (Å²) < 4.78 is 5.28. The van der Waals surface area contributed by atoms with Gasteiger partial charge >= 0.3 is 5.97 Å². The highest BCUT2D eigenvalue weighted by molar-refractivity contribution is 7.14. The maximum atomic E-state index is 12.3. The number of hydrogen-bond donors (Lipinski definition) is 1. The fourth-order valence-corrected chi connectivity index (χ4v) is 4.49. The molecule has 1 saturated heterocycles. The largest absolute Gasteiger partial charge is 0.452 e. The van der Waals surface area contributed by atoms with E-state index in [0.29, 0.717) is 29.7 Å². The van der Waals surface area contributed by atoms with Crippen molar-refractivity contribution in [1.29, 1.82) is 0 Å². The summed E-state index contributed by atoms with van der Waals surface area (Å²) in [5.41, 5.74) is 0.563. The Labute approximate surface area is 163 Å². The van der Waals surface area contributed by atoms with Crippen LogP contribution in [-0.4, -0.2) is 41.5 Å². The summed E-state index contributed by atoms with van der Waals surface area (Å²) in [7, 11) is 0. The predicted molar refractivity (Wildman–Crippen MR) is 103 cm³/mol. The third-order valence-electron chi connectivity index (χ3n) is 5.29. The molecule has 1 saturated carbocycles. The minimum absolute atomic E-state index is 0.00399. The lowest BCUT2D eigenvalue weighted by atomic mass is 9.86. The first kappa shape index (κ1) is 19.8. The molecule has 0 aromatic carbocycles. The zero-order valence-corrected chi connectivity index (χ0v) is 16.7. The molecular formula is C19H27N3O4S. The molecule has 1 N–H and O–H groups in total. The van der Waals surface area contributed by atoms with Crippen molar-refractivity contribution >= 4 is 34.3 Å². The SMILES string of the molecule is CC(OC(=O)Cc1csc(N2CCCC2=O)n1)C(=O)NC1CCCCC1C. The number of amides is 2. The molecule has 27 heavy (non-hydrogen) atoms. The zero-order valence-electron chi connectivity index (χ0n) is 15.9. The molecule has 1 aliphatic heterocycles. The first-order valence-corrected chi connectivity index (χ1v) is 10.6. The highest BCUT2D eigenvalue weighted by Crippen LogP contribution is 2.26. The van der Waals surface area contributed by atoms with E-state index in [2.05, 4.69) is 17.2 Å². The number of rotatable bonds is 6. The molecule has 2 heterocycles. The van der Waals surface area contributed by atoms with Crippen molar-refractivity contribution in [3.8, 4) is 0 Å². The number of hydrogen-bond acceptors (Lipinski definition) is 6. The number of carbonyl (C=O) groups excluding carboxylic acids is 3. The third-order valence-corrected chi connectivity index (χ3v) is 6.20. The van der Waals surface area contributed by atoms with Crippen molar-refractivity contribution in [3.63, 3.8) is 0 Å². The van der Waals surface area contributed by atoms with Gasteiger partial charge in [-0.2, -0.15) is 0 Å². The Morgan fingerprint density at radius 2 is 2.15 bits per heavy atom. The monoisotopic (exact) mass is 393 g/mol. The Balaban J connectivity index is 1.47. The molecule has 2 aliphatic rings. The number of nitrogens with one attached hydrogen (secondary N) is 1. The minimum atomic E-state index is -0.829. The van der Waals surface area contributed by atoms with E-state index < -0.39 is 12.1 Å². The van der Waals surface area contributed by atoms with Crippen LogP contribution in [0, 0.1) is 5.92 Å². The van der Waals surface area contributed by atoms with Crippen LogP contribution in [0.3, 0.4) is 0 Å². The van der Waals surface area contributed by atoms with Crippen LogP contribution in [-0.2, 0) is 25.5 Å². The van der Waals surface area contributed by atoms with Gasteiger partial charge in [0.05, 0.1) is 12.1 Å². The molecule has 3 atom stereocenters. The Bertz CT molecular complexity index is 705. The van der Waals surface area contributed by atoms with Gasteiger partial charge in [0.2, 0.25) is 5.91 Å². The van der Waals surface area contributed by atoms with Crippen LogP contribution in [0.25, 0.3) is 0 Å². The van der Waals surface area contributed by atoms with Crippen LogP contribution < -0.4 is 10.2 Å². The van der Waals surface area contributed by atoms with E-state index in [0.717, 1.165) is 25.7 Å². The zero-order chi connectivity index (χ0) is 19.4. The molecule has 3 rings (SSSR count). The first-order valence-electron chi connectivity index (χ1n) is 9.68. The van der Waals surface area contributed by atoms with Gasteiger partial charge in [0.1, 0.15) is 0 Å². The molecule has 1 aromatic rings. The number of nitrogens with zero attached hydrogens (tertiary/aromatic N) is 2. The second-order valence-corrected chi connectivity index (χ2v) is 8.29. The van der Waals surface area contributed by atoms with E-state index >= 15 is 0 Å². The van der Waals surface area contributed by atoms with Gasteiger partial charge in [0.15, 0.2) is 11.2 Å². The minimum Gasteiger partial charge on any atom is -0.452 e. The molecule has 0 spiro atoms. The van der Waals surface area contributed by atoms with Crippen LogP contribution >= 0.6 is 11.3 Å². The van der Waals surface area contributed by atoms with Gasteiger partial charge in [0, 0.05) is 24.4 Å². The number of ether oxygens (including phenoxy) is 1. The van der Waals surface area contributed by atoms with Gasteiger partial charge in [-0.1, -0.05) is 19.8 Å². The Kier molecular flexibility index (Phi) is 6.46. The molecule has 2 fully saturated rings. The summed E-state index contributed by atoms with van der Waals surface area (Å²) in [6, 6.07) is 0.159. The van der Waals surface area contributed by atoms with Gasteiger partial charge in [-0.05, 0) is 32.1 Å². The topological polar surface area (TPSA) is 88.6 Å². The van der Waals surface area contributed by atoms with Crippen molar-refractivity contribution in [2.24, 2.45) is 5.92 Å². The van der Waals surface area contributed by atoms with Crippen LogP contribution in [0.2, 0.25) is 0 Å². The summed E-state index contributed by atoms with van der Waals surface area (Å²) in [5, 5.41) is 5.39. The molecule has 3 unspecified atom stereocenters. The van der Waals surface area contributed by atoms with Gasteiger partial charge in [-0.25, -0.2) is 4.98 Å². The summed E-state index contributed by atoms with van der Waals surface area (Å²) >= 11 is 1.35. The molecule has 1 aliphatic carbocycles. The fourth-order valence-electron chi connectivity index (χ4n) is 3.62. The molecule has 7 nitrogen and oxygen atoms in total. The third kappa shape index (κ3) is 5.06. The predicted octanol–water partition coefficient (Wildman–Crippen LogP) is 2.44. The average Bonchev–Trinajstić information content (AvgIpc) is 3.25. The smallest absolute Gasteiger partial charge is 0.312 e. The Hall–Kier alpha value is -1.96. The molecule has 0 radical (unpaired) electrons. The summed E-state index contributed by atoms with van der Waals surface area (Å²) in [6.45, 7) is 4.41. The second-order valence-electron chi connectivity index (χ2n) is 7.46. The van der Waals surface area contributed by atoms with Crippen molar-refractivity contribution in [3.05, 3.63) is 11.1 Å². The summed E-state index contributed by atoms with van der Waals surface area (Å²) in [6.07, 6.45) is 4.97. The molecular weight excluding hydrogens is 366 g/mol. The quantitative estimate of drug-likeness (QED) is 0.750. The van der Waals surface area contributed by atoms with E-state index in [4.69, 9.17) is 4.74 Å². The average molecular weight is 394 g/mol. The number of carbonyl (C=O) groups is 3. The highest BCUT2D eigenvalue weighted by Gasteiger charge is 2.27. The van der Waals surface area contributed by atoms with Gasteiger partial charge < -0.3 is 10.1 Å². The van der Waals surface area contributed by atoms with E-state index in [-0.39, 0.29) is 24.3 Å². The van der Waals surface area contributed by atoms with Crippen molar-refractivity contribution in [2.45, 2.75) is 70.9 Å². The lowest BCUT2D eigenvalue weighted by Gasteiger charge is -2.30. The summed E-state index contributed by atoms with van der Waals surface area (Å²) in [4.78, 5) is 42.3. The molecule has 8 heteroatoms. The van der Waals surface area contributed by atoms with Gasteiger partial charge in [-0.15, -0.1) is 11.3 Å². The molecule has 2 amide bonds. The van der Waals surface area contributed by atoms with E-state index in [1.54, 1.807) is 17.2 Å². The standard InChI is InChI=1S/C19H27N3O4S/c1-12-6-3-4-7-15(12)21-18(25)13(2)26-17(24)10-14-11-27-19(20-14)22-9-5-8-16(22)23/h11-13,15H,3-10H2,1-2H3,(H,21,25).